The normalized spacial score (nSPS) is 11.3. The molecular weight excluding hydrogens is 388 g/mol. The number of pyridine rings is 1. The lowest BCUT2D eigenvalue weighted by Gasteiger charge is -2.05. The molecule has 30 heavy (non-hydrogen) atoms. The zero-order valence-electron chi connectivity index (χ0n) is 15.5. The van der Waals surface area contributed by atoms with Crippen LogP contribution in [-0.4, -0.2) is 21.7 Å². The zero-order chi connectivity index (χ0) is 21.3. The fraction of sp³-hybridized carbons (Fsp3) is 0. The number of nitrogens with one attached hydrogen (secondary N) is 1. The van der Waals surface area contributed by atoms with Crippen LogP contribution in [0.3, 0.4) is 0 Å². The molecule has 1 amide bonds. The minimum Gasteiger partial charge on any atom is -0.366 e. The number of aromatic nitrogens is 2. The molecule has 0 aliphatic heterocycles. The van der Waals surface area contributed by atoms with Gasteiger partial charge in [-0.25, -0.2) is 13.8 Å². The van der Waals surface area contributed by atoms with Gasteiger partial charge >= 0.3 is 0 Å². The molecule has 0 saturated carbocycles. The first-order valence-electron chi connectivity index (χ1n) is 8.96. The van der Waals surface area contributed by atoms with E-state index in [1.165, 1.54) is 6.08 Å². The first kappa shape index (κ1) is 19.2. The number of H-pyrrole nitrogens is 1. The van der Waals surface area contributed by atoms with E-state index >= 15 is 0 Å². The van der Waals surface area contributed by atoms with Crippen LogP contribution < -0.4 is 5.73 Å². The van der Waals surface area contributed by atoms with Crippen molar-refractivity contribution in [2.45, 2.75) is 0 Å². The molecule has 0 spiro atoms. The monoisotopic (exact) mass is 403 g/mol. The number of primary amides is 1. The van der Waals surface area contributed by atoms with Crippen LogP contribution in [0.2, 0.25) is 0 Å². The predicted molar refractivity (Wildman–Crippen MR) is 110 cm³/mol. The molecule has 0 radical (unpaired) electrons. The van der Waals surface area contributed by atoms with Gasteiger partial charge in [0.1, 0.15) is 17.3 Å². The van der Waals surface area contributed by atoms with E-state index in [0.29, 0.717) is 11.2 Å². The summed E-state index contributed by atoms with van der Waals surface area (Å²) < 4.78 is 26.8. The van der Waals surface area contributed by atoms with Crippen molar-refractivity contribution < 1.29 is 18.4 Å². The highest BCUT2D eigenvalue weighted by atomic mass is 19.1. The van der Waals surface area contributed by atoms with Crippen molar-refractivity contribution in [1.29, 1.82) is 0 Å². The fourth-order valence-electron chi connectivity index (χ4n) is 3.16. The number of carbonyl (C=O) groups is 2. The van der Waals surface area contributed by atoms with E-state index in [-0.39, 0.29) is 5.56 Å². The summed E-state index contributed by atoms with van der Waals surface area (Å²) in [5.41, 5.74) is 8.42. The lowest BCUT2D eigenvalue weighted by atomic mass is 9.99. The molecule has 3 N–H and O–H groups in total. The third-order valence-corrected chi connectivity index (χ3v) is 4.60. The Bertz CT molecular complexity index is 1290. The summed E-state index contributed by atoms with van der Waals surface area (Å²) in [4.78, 5) is 30.9. The first-order valence-corrected chi connectivity index (χ1v) is 8.96. The number of nitrogens with two attached hydrogens (primary N) is 1. The minimum absolute atomic E-state index is 0.0541. The van der Waals surface area contributed by atoms with Crippen molar-refractivity contribution in [3.63, 3.8) is 0 Å². The third-order valence-electron chi connectivity index (χ3n) is 4.60. The van der Waals surface area contributed by atoms with Crippen molar-refractivity contribution in [1.82, 2.24) is 9.97 Å². The predicted octanol–water partition coefficient (Wildman–Crippen LogP) is 4.24. The van der Waals surface area contributed by atoms with E-state index in [9.17, 15) is 18.4 Å². The second-order valence-electron chi connectivity index (χ2n) is 6.66. The van der Waals surface area contributed by atoms with Crippen LogP contribution in [0.1, 0.15) is 21.5 Å². The number of carbonyl (C=O) groups excluding carboxylic acids is 2. The van der Waals surface area contributed by atoms with Crippen LogP contribution in [0.25, 0.3) is 28.2 Å². The molecule has 0 saturated heterocycles. The Balaban J connectivity index is 1.65. The number of amides is 1. The number of fused-ring (bicyclic) bond motifs is 1. The highest BCUT2D eigenvalue weighted by Gasteiger charge is 2.13. The molecule has 0 unspecified atom stereocenters. The summed E-state index contributed by atoms with van der Waals surface area (Å²) in [5, 5.41) is 0.806. The number of nitrogens with zero attached hydrogens (tertiary/aromatic N) is 1. The van der Waals surface area contributed by atoms with Crippen molar-refractivity contribution in [3.05, 3.63) is 95.3 Å². The zero-order valence-corrected chi connectivity index (χ0v) is 15.5. The summed E-state index contributed by atoms with van der Waals surface area (Å²) >= 11 is 0. The largest absolute Gasteiger partial charge is 0.366 e. The van der Waals surface area contributed by atoms with E-state index in [1.54, 1.807) is 42.7 Å². The molecule has 0 atom stereocenters. The van der Waals surface area contributed by atoms with Crippen molar-refractivity contribution >= 4 is 28.8 Å². The molecule has 2 heterocycles. The highest BCUT2D eigenvalue weighted by molar-refractivity contribution is 6.09. The average Bonchev–Trinajstić information content (AvgIpc) is 3.13. The Morgan fingerprint density at radius 2 is 1.63 bits per heavy atom. The maximum absolute atomic E-state index is 13.4. The molecular formula is C23H15F2N3O2. The van der Waals surface area contributed by atoms with Gasteiger partial charge in [0.2, 0.25) is 5.91 Å². The maximum atomic E-state index is 13.4. The van der Waals surface area contributed by atoms with Gasteiger partial charge in [-0.1, -0.05) is 24.3 Å². The Kier molecular flexibility index (Phi) is 4.93. The smallest absolute Gasteiger partial charge is 0.241 e. The van der Waals surface area contributed by atoms with Gasteiger partial charge in [-0.15, -0.1) is 0 Å². The van der Waals surface area contributed by atoms with E-state index in [4.69, 9.17) is 5.73 Å². The fourth-order valence-corrected chi connectivity index (χ4v) is 3.16. The van der Waals surface area contributed by atoms with Crippen molar-refractivity contribution in [3.8, 4) is 11.1 Å². The summed E-state index contributed by atoms with van der Waals surface area (Å²) in [7, 11) is 0. The van der Waals surface area contributed by atoms with E-state index in [1.807, 2.05) is 6.07 Å². The quantitative estimate of drug-likeness (QED) is 0.386. The van der Waals surface area contributed by atoms with Gasteiger partial charge in [0.15, 0.2) is 5.78 Å². The molecule has 0 aliphatic rings. The second-order valence-corrected chi connectivity index (χ2v) is 6.66. The second kappa shape index (κ2) is 7.71. The number of halogens is 2. The number of rotatable bonds is 5. The van der Waals surface area contributed by atoms with Crippen LogP contribution >= 0.6 is 0 Å². The number of benzene rings is 2. The SMILES string of the molecule is NC(=O)C=Cc1c[nH]c2ncc(-c3ccc(C(=O)c4cc(F)cc(F)c4)cc3)cc12. The van der Waals surface area contributed by atoms with Gasteiger partial charge in [0, 0.05) is 52.2 Å². The minimum atomic E-state index is -0.804. The number of aromatic amines is 1. The molecule has 0 bridgehead atoms. The van der Waals surface area contributed by atoms with Gasteiger partial charge in [-0.2, -0.15) is 0 Å². The summed E-state index contributed by atoms with van der Waals surface area (Å²) in [6.45, 7) is 0. The number of hydrogen-bond donors (Lipinski definition) is 2. The van der Waals surface area contributed by atoms with Gasteiger partial charge in [0.25, 0.3) is 0 Å². The van der Waals surface area contributed by atoms with Crippen LogP contribution in [0, 0.1) is 11.6 Å². The molecule has 0 fully saturated rings. The van der Waals surface area contributed by atoms with Gasteiger partial charge in [-0.05, 0) is 29.8 Å². The van der Waals surface area contributed by atoms with E-state index < -0.39 is 23.3 Å². The topological polar surface area (TPSA) is 88.8 Å². The van der Waals surface area contributed by atoms with Crippen molar-refractivity contribution in [2.75, 3.05) is 0 Å². The molecule has 2 aromatic carbocycles. The molecule has 4 aromatic rings. The Morgan fingerprint density at radius 3 is 2.30 bits per heavy atom. The molecule has 2 aromatic heterocycles. The average molecular weight is 403 g/mol. The third kappa shape index (κ3) is 3.86. The lowest BCUT2D eigenvalue weighted by molar-refractivity contribution is -0.113. The standard InChI is InChI=1S/C23H15F2N3O2/c24-18-7-16(8-19(25)10-18)22(30)14-3-1-13(2-4-14)17-9-20-15(5-6-21(26)29)11-27-23(20)28-12-17/h1-12H,(H2,26,29)(H,27,28). The maximum Gasteiger partial charge on any atom is 0.241 e. The molecule has 0 aliphatic carbocycles. The number of ketones is 1. The van der Waals surface area contributed by atoms with Gasteiger partial charge < -0.3 is 10.7 Å². The van der Waals surface area contributed by atoms with Gasteiger partial charge in [0.05, 0.1) is 0 Å². The first-order chi connectivity index (χ1) is 14.4. The van der Waals surface area contributed by atoms with E-state index in [0.717, 1.165) is 40.3 Å². The Hall–Kier alpha value is -4.13. The molecule has 7 heteroatoms. The lowest BCUT2D eigenvalue weighted by Crippen LogP contribution is -2.04. The van der Waals surface area contributed by atoms with Crippen LogP contribution in [0.4, 0.5) is 8.78 Å². The summed E-state index contributed by atoms with van der Waals surface area (Å²) in [5.74, 6) is -2.63. The Labute approximate surface area is 169 Å². The molecule has 148 valence electrons. The summed E-state index contributed by atoms with van der Waals surface area (Å²) in [6, 6.07) is 11.3. The molecule has 4 rings (SSSR count). The highest BCUT2D eigenvalue weighted by Crippen LogP contribution is 2.26. The Morgan fingerprint density at radius 1 is 0.933 bits per heavy atom. The van der Waals surface area contributed by atoms with Crippen molar-refractivity contribution in [2.24, 2.45) is 5.73 Å². The summed E-state index contributed by atoms with van der Waals surface area (Å²) in [6.07, 6.45) is 6.28. The van der Waals surface area contributed by atoms with E-state index in [2.05, 4.69) is 9.97 Å². The van der Waals surface area contributed by atoms with Crippen LogP contribution in [0.15, 0.2) is 67.0 Å². The molecule has 5 nitrogen and oxygen atoms in total. The van der Waals surface area contributed by atoms with Crippen LogP contribution in [-0.2, 0) is 4.79 Å². The van der Waals surface area contributed by atoms with Crippen LogP contribution in [0.5, 0.6) is 0 Å². The number of hydrogen-bond acceptors (Lipinski definition) is 3. The van der Waals surface area contributed by atoms with Gasteiger partial charge in [-0.3, -0.25) is 9.59 Å².